The third kappa shape index (κ3) is 5.67. The lowest BCUT2D eigenvalue weighted by Crippen LogP contribution is -2.35. The standard InChI is InChI=1S/C20H26N4O3/c1-23-10-5-11-24(13-12-23)15-19(25)22-16-8-9-20(21-14-16)27-18-7-4-3-6-17(18)26-2/h3-4,6-9,14H,5,10-13,15H2,1-2H3,(H,22,25). The molecular formula is C20H26N4O3. The van der Waals surface area contributed by atoms with E-state index in [0.29, 0.717) is 29.6 Å². The summed E-state index contributed by atoms with van der Waals surface area (Å²) in [6, 6.07) is 10.9. The Morgan fingerprint density at radius 1 is 1.11 bits per heavy atom. The number of benzene rings is 1. The first-order valence-electron chi connectivity index (χ1n) is 9.12. The highest BCUT2D eigenvalue weighted by atomic mass is 16.5. The van der Waals surface area contributed by atoms with E-state index in [0.717, 1.165) is 32.6 Å². The number of hydrogen-bond acceptors (Lipinski definition) is 6. The summed E-state index contributed by atoms with van der Waals surface area (Å²) in [5.41, 5.74) is 0.652. The monoisotopic (exact) mass is 370 g/mol. The predicted molar refractivity (Wildman–Crippen MR) is 104 cm³/mol. The maximum Gasteiger partial charge on any atom is 0.238 e. The van der Waals surface area contributed by atoms with Crippen molar-refractivity contribution in [3.05, 3.63) is 42.6 Å². The first-order valence-corrected chi connectivity index (χ1v) is 9.12. The van der Waals surface area contributed by atoms with Crippen molar-refractivity contribution < 1.29 is 14.3 Å². The van der Waals surface area contributed by atoms with Crippen molar-refractivity contribution in [2.45, 2.75) is 6.42 Å². The molecule has 7 nitrogen and oxygen atoms in total. The summed E-state index contributed by atoms with van der Waals surface area (Å²) in [5.74, 6) is 1.64. The average molecular weight is 370 g/mol. The number of nitrogens with one attached hydrogen (secondary N) is 1. The lowest BCUT2D eigenvalue weighted by molar-refractivity contribution is -0.117. The zero-order valence-electron chi connectivity index (χ0n) is 15.9. The molecular weight excluding hydrogens is 344 g/mol. The quantitative estimate of drug-likeness (QED) is 0.843. The fourth-order valence-electron chi connectivity index (χ4n) is 2.99. The van der Waals surface area contributed by atoms with Crippen LogP contribution in [0.15, 0.2) is 42.6 Å². The van der Waals surface area contributed by atoms with E-state index < -0.39 is 0 Å². The number of amides is 1. The molecule has 27 heavy (non-hydrogen) atoms. The van der Waals surface area contributed by atoms with Crippen molar-refractivity contribution in [2.24, 2.45) is 0 Å². The van der Waals surface area contributed by atoms with Crippen LogP contribution in [0.25, 0.3) is 0 Å². The highest BCUT2D eigenvalue weighted by Crippen LogP contribution is 2.30. The number of rotatable bonds is 6. The van der Waals surface area contributed by atoms with Gasteiger partial charge in [-0.25, -0.2) is 4.98 Å². The van der Waals surface area contributed by atoms with Gasteiger partial charge in [0.15, 0.2) is 11.5 Å². The molecule has 1 fully saturated rings. The summed E-state index contributed by atoms with van der Waals surface area (Å²) in [5, 5.41) is 2.90. The maximum atomic E-state index is 12.3. The number of anilines is 1. The summed E-state index contributed by atoms with van der Waals surface area (Å²) >= 11 is 0. The molecule has 7 heteroatoms. The molecule has 1 aliphatic rings. The summed E-state index contributed by atoms with van der Waals surface area (Å²) in [7, 11) is 3.71. The van der Waals surface area contributed by atoms with Gasteiger partial charge in [-0.15, -0.1) is 0 Å². The molecule has 1 amide bonds. The van der Waals surface area contributed by atoms with Crippen molar-refractivity contribution in [3.8, 4) is 17.4 Å². The SMILES string of the molecule is COc1ccccc1Oc1ccc(NC(=O)CN2CCCN(C)CC2)cn1. The van der Waals surface area contributed by atoms with Gasteiger partial charge in [-0.05, 0) is 44.8 Å². The van der Waals surface area contributed by atoms with Crippen LogP contribution in [0.2, 0.25) is 0 Å². The summed E-state index contributed by atoms with van der Waals surface area (Å²) in [6.07, 6.45) is 2.68. The van der Waals surface area contributed by atoms with Crippen LogP contribution >= 0.6 is 0 Å². The molecule has 0 unspecified atom stereocenters. The number of carbonyl (C=O) groups excluding carboxylic acids is 1. The highest BCUT2D eigenvalue weighted by Gasteiger charge is 2.15. The van der Waals surface area contributed by atoms with Gasteiger partial charge < -0.3 is 19.7 Å². The Hall–Kier alpha value is -2.64. The van der Waals surface area contributed by atoms with Crippen LogP contribution in [0.5, 0.6) is 17.4 Å². The number of hydrogen-bond donors (Lipinski definition) is 1. The van der Waals surface area contributed by atoms with Crippen LogP contribution in [0.4, 0.5) is 5.69 Å². The molecule has 0 atom stereocenters. The minimum absolute atomic E-state index is 0.0280. The lowest BCUT2D eigenvalue weighted by Gasteiger charge is -2.19. The van der Waals surface area contributed by atoms with Crippen molar-refractivity contribution >= 4 is 11.6 Å². The van der Waals surface area contributed by atoms with E-state index in [4.69, 9.17) is 9.47 Å². The molecule has 0 aliphatic carbocycles. The number of likely N-dealkylation sites (N-methyl/N-ethyl adjacent to an activating group) is 1. The molecule has 2 aromatic rings. The maximum absolute atomic E-state index is 12.3. The van der Waals surface area contributed by atoms with E-state index in [-0.39, 0.29) is 5.91 Å². The lowest BCUT2D eigenvalue weighted by atomic mass is 10.3. The van der Waals surface area contributed by atoms with Gasteiger partial charge in [0.05, 0.1) is 25.5 Å². The van der Waals surface area contributed by atoms with E-state index in [1.165, 1.54) is 0 Å². The molecule has 3 rings (SSSR count). The van der Waals surface area contributed by atoms with E-state index >= 15 is 0 Å². The Morgan fingerprint density at radius 2 is 1.93 bits per heavy atom. The van der Waals surface area contributed by atoms with Crippen LogP contribution in [0.3, 0.4) is 0 Å². The van der Waals surface area contributed by atoms with E-state index in [9.17, 15) is 4.79 Å². The Labute approximate surface area is 159 Å². The zero-order valence-corrected chi connectivity index (χ0v) is 15.9. The third-order valence-corrected chi connectivity index (χ3v) is 4.48. The zero-order chi connectivity index (χ0) is 19.1. The molecule has 1 aliphatic heterocycles. The first-order chi connectivity index (χ1) is 13.1. The van der Waals surface area contributed by atoms with Crippen molar-refractivity contribution in [1.29, 1.82) is 0 Å². The smallest absolute Gasteiger partial charge is 0.238 e. The fraction of sp³-hybridized carbons (Fsp3) is 0.400. The number of carbonyl (C=O) groups is 1. The highest BCUT2D eigenvalue weighted by molar-refractivity contribution is 5.92. The van der Waals surface area contributed by atoms with Crippen LogP contribution in [0, 0.1) is 0 Å². The Kier molecular flexibility index (Phi) is 6.62. The summed E-state index contributed by atoms with van der Waals surface area (Å²) in [6.45, 7) is 4.32. The molecule has 2 heterocycles. The largest absolute Gasteiger partial charge is 0.493 e. The first kappa shape index (κ1) is 19.1. The van der Waals surface area contributed by atoms with Gasteiger partial charge in [0.2, 0.25) is 11.8 Å². The van der Waals surface area contributed by atoms with Crippen molar-refractivity contribution in [2.75, 3.05) is 52.2 Å². The number of para-hydroxylation sites is 2. The Morgan fingerprint density at radius 3 is 2.67 bits per heavy atom. The van der Waals surface area contributed by atoms with Crippen LogP contribution in [0.1, 0.15) is 6.42 Å². The van der Waals surface area contributed by atoms with E-state index in [2.05, 4.69) is 27.1 Å². The van der Waals surface area contributed by atoms with Gasteiger partial charge in [-0.1, -0.05) is 12.1 Å². The fourth-order valence-corrected chi connectivity index (χ4v) is 2.99. The number of pyridine rings is 1. The van der Waals surface area contributed by atoms with Crippen LogP contribution in [-0.4, -0.2) is 67.6 Å². The second-order valence-corrected chi connectivity index (χ2v) is 6.62. The minimum Gasteiger partial charge on any atom is -0.493 e. The molecule has 1 saturated heterocycles. The normalized spacial score (nSPS) is 15.8. The van der Waals surface area contributed by atoms with Gasteiger partial charge in [-0.3, -0.25) is 9.69 Å². The van der Waals surface area contributed by atoms with Crippen molar-refractivity contribution in [3.63, 3.8) is 0 Å². The number of aromatic nitrogens is 1. The molecule has 0 saturated carbocycles. The van der Waals surface area contributed by atoms with E-state index in [1.54, 1.807) is 25.4 Å². The molecule has 144 valence electrons. The van der Waals surface area contributed by atoms with Gasteiger partial charge in [0, 0.05) is 19.2 Å². The minimum atomic E-state index is -0.0280. The summed E-state index contributed by atoms with van der Waals surface area (Å²) in [4.78, 5) is 21.0. The van der Waals surface area contributed by atoms with Gasteiger partial charge in [0.1, 0.15) is 0 Å². The van der Waals surface area contributed by atoms with Crippen LogP contribution < -0.4 is 14.8 Å². The number of nitrogens with zero attached hydrogens (tertiary/aromatic N) is 3. The number of ether oxygens (including phenoxy) is 2. The third-order valence-electron chi connectivity index (χ3n) is 4.48. The van der Waals surface area contributed by atoms with Crippen LogP contribution in [-0.2, 0) is 4.79 Å². The Balaban J connectivity index is 1.53. The second-order valence-electron chi connectivity index (χ2n) is 6.62. The number of methoxy groups -OCH3 is 1. The molecule has 1 N–H and O–H groups in total. The van der Waals surface area contributed by atoms with Gasteiger partial charge in [0.25, 0.3) is 0 Å². The predicted octanol–water partition coefficient (Wildman–Crippen LogP) is 2.46. The Bertz CT molecular complexity index is 751. The molecule has 1 aromatic carbocycles. The van der Waals surface area contributed by atoms with Crippen molar-refractivity contribution in [1.82, 2.24) is 14.8 Å². The molecule has 0 bridgehead atoms. The molecule has 0 spiro atoms. The van der Waals surface area contributed by atoms with E-state index in [1.807, 2.05) is 24.3 Å². The van der Waals surface area contributed by atoms with Gasteiger partial charge >= 0.3 is 0 Å². The topological polar surface area (TPSA) is 66.9 Å². The molecule has 0 radical (unpaired) electrons. The second kappa shape index (κ2) is 9.34. The summed E-state index contributed by atoms with van der Waals surface area (Å²) < 4.78 is 11.0. The molecule has 1 aromatic heterocycles. The average Bonchev–Trinajstić information content (AvgIpc) is 2.88. The van der Waals surface area contributed by atoms with Gasteiger partial charge in [-0.2, -0.15) is 0 Å².